The first-order chi connectivity index (χ1) is 17.9. The third-order valence-corrected chi connectivity index (χ3v) is 5.72. The average molecular weight is 500 g/mol. The summed E-state index contributed by atoms with van der Waals surface area (Å²) < 4.78 is 6.79. The third kappa shape index (κ3) is 6.05. The molecule has 10 heteroatoms. The van der Waals surface area contributed by atoms with Crippen molar-refractivity contribution in [3.05, 3.63) is 84.1 Å². The minimum atomic E-state index is -0.262. The number of aromatic nitrogens is 4. The second-order valence-electron chi connectivity index (χ2n) is 8.53. The number of methoxy groups -OCH3 is 1. The SMILES string of the molecule is COC/C=C/C(=O)CN[C@@H](C)c1nc(-c2ccc(C(=O)Nc3ccc(C)cn3)cc2)c2c(N)nccn12. The lowest BCUT2D eigenvalue weighted by Gasteiger charge is -2.11. The number of nitrogens with two attached hydrogens (primary N) is 1. The number of nitrogens with one attached hydrogen (secondary N) is 2. The molecule has 0 aliphatic rings. The molecule has 0 aliphatic carbocycles. The second kappa shape index (κ2) is 11.5. The van der Waals surface area contributed by atoms with Gasteiger partial charge in [0.25, 0.3) is 5.91 Å². The maximum absolute atomic E-state index is 12.7. The van der Waals surface area contributed by atoms with Gasteiger partial charge in [-0.1, -0.05) is 24.3 Å². The summed E-state index contributed by atoms with van der Waals surface area (Å²) in [5, 5.41) is 6.00. The van der Waals surface area contributed by atoms with Crippen LogP contribution < -0.4 is 16.4 Å². The van der Waals surface area contributed by atoms with E-state index in [9.17, 15) is 9.59 Å². The first-order valence-corrected chi connectivity index (χ1v) is 11.8. The van der Waals surface area contributed by atoms with Crippen LogP contribution in [0.25, 0.3) is 16.8 Å². The molecule has 4 N–H and O–H groups in total. The molecule has 4 rings (SSSR count). The van der Waals surface area contributed by atoms with Crippen LogP contribution in [0.3, 0.4) is 0 Å². The number of ketones is 1. The summed E-state index contributed by atoms with van der Waals surface area (Å²) in [4.78, 5) is 38.1. The molecule has 4 aromatic rings. The predicted octanol–water partition coefficient (Wildman–Crippen LogP) is 3.36. The molecule has 3 aromatic heterocycles. The van der Waals surface area contributed by atoms with Crippen LogP contribution in [0.5, 0.6) is 0 Å². The molecule has 0 saturated carbocycles. The van der Waals surface area contributed by atoms with Gasteiger partial charge in [0.1, 0.15) is 28.7 Å². The maximum Gasteiger partial charge on any atom is 0.256 e. The fourth-order valence-corrected chi connectivity index (χ4v) is 3.78. The van der Waals surface area contributed by atoms with Gasteiger partial charge in [-0.2, -0.15) is 0 Å². The van der Waals surface area contributed by atoms with Crippen molar-refractivity contribution in [1.82, 2.24) is 24.7 Å². The molecule has 1 amide bonds. The van der Waals surface area contributed by atoms with Crippen molar-refractivity contribution in [2.24, 2.45) is 0 Å². The molecule has 190 valence electrons. The van der Waals surface area contributed by atoms with E-state index in [1.165, 1.54) is 6.08 Å². The van der Waals surface area contributed by atoms with E-state index in [-0.39, 0.29) is 24.3 Å². The van der Waals surface area contributed by atoms with Gasteiger partial charge in [0.05, 0.1) is 19.2 Å². The molecule has 10 nitrogen and oxygen atoms in total. The molecule has 37 heavy (non-hydrogen) atoms. The quantitative estimate of drug-likeness (QED) is 0.283. The van der Waals surface area contributed by atoms with E-state index in [1.807, 2.05) is 36.4 Å². The summed E-state index contributed by atoms with van der Waals surface area (Å²) in [6.45, 7) is 4.38. The van der Waals surface area contributed by atoms with Crippen LogP contribution in [0, 0.1) is 6.92 Å². The van der Waals surface area contributed by atoms with Gasteiger partial charge in [0, 0.05) is 36.8 Å². The Labute approximate surface area is 214 Å². The molecular formula is C27H29N7O3. The number of hydrogen-bond acceptors (Lipinski definition) is 8. The summed E-state index contributed by atoms with van der Waals surface area (Å²) in [6, 6.07) is 10.5. The van der Waals surface area contributed by atoms with E-state index in [2.05, 4.69) is 20.6 Å². The Hall–Kier alpha value is -4.41. The van der Waals surface area contributed by atoms with Crippen LogP contribution in [0.4, 0.5) is 11.6 Å². The van der Waals surface area contributed by atoms with Gasteiger partial charge in [-0.25, -0.2) is 15.0 Å². The Bertz CT molecular complexity index is 1430. The highest BCUT2D eigenvalue weighted by molar-refractivity contribution is 6.04. The van der Waals surface area contributed by atoms with Gasteiger partial charge >= 0.3 is 0 Å². The molecule has 0 radical (unpaired) electrons. The summed E-state index contributed by atoms with van der Waals surface area (Å²) >= 11 is 0. The Balaban J connectivity index is 1.56. The van der Waals surface area contributed by atoms with Crippen molar-refractivity contribution in [2.45, 2.75) is 19.9 Å². The molecule has 0 unspecified atom stereocenters. The molecule has 0 aliphatic heterocycles. The van der Waals surface area contributed by atoms with Crippen LogP contribution in [-0.4, -0.2) is 51.3 Å². The number of carbonyl (C=O) groups is 2. The van der Waals surface area contributed by atoms with Crippen molar-refractivity contribution in [3.63, 3.8) is 0 Å². The van der Waals surface area contributed by atoms with Gasteiger partial charge < -0.3 is 21.1 Å². The number of ether oxygens (including phenoxy) is 1. The first kappa shape index (κ1) is 25.7. The molecule has 0 fully saturated rings. The summed E-state index contributed by atoms with van der Waals surface area (Å²) in [5.41, 5.74) is 9.79. The van der Waals surface area contributed by atoms with Crippen LogP contribution in [0.2, 0.25) is 0 Å². The van der Waals surface area contributed by atoms with Crippen LogP contribution in [-0.2, 0) is 9.53 Å². The van der Waals surface area contributed by atoms with E-state index in [4.69, 9.17) is 15.5 Å². The number of anilines is 2. The van der Waals surface area contributed by atoms with Crippen molar-refractivity contribution in [2.75, 3.05) is 31.3 Å². The zero-order chi connectivity index (χ0) is 26.4. The minimum absolute atomic E-state index is 0.0686. The second-order valence-corrected chi connectivity index (χ2v) is 8.53. The monoisotopic (exact) mass is 499 g/mol. The lowest BCUT2D eigenvalue weighted by Crippen LogP contribution is -2.26. The Morgan fingerprint density at radius 3 is 2.65 bits per heavy atom. The van der Waals surface area contributed by atoms with Crippen LogP contribution in [0.1, 0.15) is 34.7 Å². The molecule has 0 saturated heterocycles. The van der Waals surface area contributed by atoms with E-state index in [1.54, 1.807) is 50.0 Å². The summed E-state index contributed by atoms with van der Waals surface area (Å²) in [7, 11) is 1.57. The van der Waals surface area contributed by atoms with E-state index < -0.39 is 0 Å². The highest BCUT2D eigenvalue weighted by Crippen LogP contribution is 2.30. The fourth-order valence-electron chi connectivity index (χ4n) is 3.78. The lowest BCUT2D eigenvalue weighted by molar-refractivity contribution is -0.114. The Kier molecular flexibility index (Phi) is 8.02. The highest BCUT2D eigenvalue weighted by Gasteiger charge is 2.20. The van der Waals surface area contributed by atoms with Crippen LogP contribution >= 0.6 is 0 Å². The van der Waals surface area contributed by atoms with Gasteiger partial charge in [0.2, 0.25) is 0 Å². The van der Waals surface area contributed by atoms with Gasteiger partial charge in [-0.05, 0) is 43.7 Å². The van der Waals surface area contributed by atoms with Gasteiger partial charge in [0.15, 0.2) is 5.78 Å². The number of fused-ring (bicyclic) bond motifs is 1. The number of benzene rings is 1. The minimum Gasteiger partial charge on any atom is -0.382 e. The van der Waals surface area contributed by atoms with Crippen molar-refractivity contribution in [1.29, 1.82) is 0 Å². The number of nitrogens with zero attached hydrogens (tertiary/aromatic N) is 4. The summed E-state index contributed by atoms with van der Waals surface area (Å²) in [6.07, 6.45) is 8.25. The predicted molar refractivity (Wildman–Crippen MR) is 142 cm³/mol. The van der Waals surface area contributed by atoms with Crippen molar-refractivity contribution >= 4 is 28.8 Å². The first-order valence-electron chi connectivity index (χ1n) is 11.8. The molecular weight excluding hydrogens is 470 g/mol. The number of carbonyl (C=O) groups excluding carboxylic acids is 2. The molecule has 0 bridgehead atoms. The lowest BCUT2D eigenvalue weighted by atomic mass is 10.1. The molecule has 1 aromatic carbocycles. The smallest absolute Gasteiger partial charge is 0.256 e. The fraction of sp³-hybridized carbons (Fsp3) is 0.222. The summed E-state index contributed by atoms with van der Waals surface area (Å²) in [5.74, 6) is 1.16. The normalized spacial score (nSPS) is 12.2. The van der Waals surface area contributed by atoms with Crippen molar-refractivity contribution < 1.29 is 14.3 Å². The number of nitrogen functional groups attached to an aromatic ring is 1. The number of hydrogen-bond donors (Lipinski definition) is 3. The Morgan fingerprint density at radius 2 is 1.95 bits per heavy atom. The molecule has 1 atom stereocenters. The molecule has 3 heterocycles. The number of amides is 1. The largest absolute Gasteiger partial charge is 0.382 e. The van der Waals surface area contributed by atoms with E-state index >= 15 is 0 Å². The van der Waals surface area contributed by atoms with E-state index in [0.717, 1.165) is 11.1 Å². The van der Waals surface area contributed by atoms with Crippen LogP contribution in [0.15, 0.2) is 67.1 Å². The zero-order valence-corrected chi connectivity index (χ0v) is 20.9. The molecule has 0 spiro atoms. The standard InChI is InChI=1S/C27H29N7O3/c1-17-6-11-22(31-15-17)32-27(36)20-9-7-19(8-10-20)23-24-25(28)29-12-13-34(24)26(33-23)18(2)30-16-21(35)5-4-14-37-3/h4-13,15,18,30H,14,16H2,1-3H3,(H2,28,29)(H,31,32,36)/b5-4+/t18-/m0/s1. The van der Waals surface area contributed by atoms with Gasteiger partial charge in [-0.15, -0.1) is 0 Å². The average Bonchev–Trinajstić information content (AvgIpc) is 3.30. The maximum atomic E-state index is 12.7. The zero-order valence-electron chi connectivity index (χ0n) is 20.9. The number of imidazole rings is 1. The van der Waals surface area contributed by atoms with Crippen molar-refractivity contribution in [3.8, 4) is 11.3 Å². The number of rotatable bonds is 10. The Morgan fingerprint density at radius 1 is 1.16 bits per heavy atom. The third-order valence-electron chi connectivity index (χ3n) is 5.72. The number of aryl methyl sites for hydroxylation is 1. The van der Waals surface area contributed by atoms with Gasteiger partial charge in [-0.3, -0.25) is 14.0 Å². The topological polar surface area (TPSA) is 137 Å². The van der Waals surface area contributed by atoms with E-state index in [0.29, 0.717) is 40.8 Å². The number of pyridine rings is 1. The highest BCUT2D eigenvalue weighted by atomic mass is 16.5.